The number of hydrogen-bond donors (Lipinski definition) is 0. The van der Waals surface area contributed by atoms with Crippen LogP contribution >= 0.6 is 0 Å². The molecule has 0 unspecified atom stereocenters. The van der Waals surface area contributed by atoms with E-state index in [2.05, 4.69) is 0 Å². The van der Waals surface area contributed by atoms with E-state index in [9.17, 15) is 0 Å². The molecule has 0 amide bonds. The first-order chi connectivity index (χ1) is 8.66. The Kier molecular flexibility index (Phi) is 53.5. The van der Waals surface area contributed by atoms with Crippen LogP contribution in [-0.4, -0.2) is 29.8 Å². The predicted molar refractivity (Wildman–Crippen MR) is 53.4 cm³/mol. The average molecular weight is 476 g/mol. The third kappa shape index (κ3) is 1280. The van der Waals surface area contributed by atoms with Crippen LogP contribution in [0.1, 0.15) is 34.6 Å². The molecule has 0 heterocycles. The second kappa shape index (κ2) is 30.8. The van der Waals surface area contributed by atoms with Crippen LogP contribution in [0.3, 0.4) is 0 Å². The van der Waals surface area contributed by atoms with Crippen molar-refractivity contribution in [3.05, 3.63) is 0 Å². The Morgan fingerprint density at radius 2 is 0.429 bits per heavy atom. The SMILES string of the molecule is CC(=O)[O-].CC(=O)[O-].CC(=O)[O-].CC(=O)[O-].CC(=O)[O-].[Ta+5]. The fourth-order valence-corrected chi connectivity index (χ4v) is 0. The number of hydrogen-bond acceptors (Lipinski definition) is 10. The summed E-state index contributed by atoms with van der Waals surface area (Å²) in [6.07, 6.45) is 0. The normalized spacial score (nSPS) is 5.95. The Bertz CT molecular complexity index is 211. The Morgan fingerprint density at radius 1 is 0.429 bits per heavy atom. The van der Waals surface area contributed by atoms with E-state index in [-0.39, 0.29) is 22.4 Å². The summed E-state index contributed by atoms with van der Waals surface area (Å²) < 4.78 is 0. The molecule has 10 nitrogen and oxygen atoms in total. The molecule has 0 fully saturated rings. The maximum absolute atomic E-state index is 8.89. The molecule has 0 spiro atoms. The summed E-state index contributed by atoms with van der Waals surface area (Å²) in [5, 5.41) is 44.4. The molecule has 0 saturated heterocycles. The molecule has 0 atom stereocenters. The quantitative estimate of drug-likeness (QED) is 0.324. The molecule has 0 aliphatic carbocycles. The molecule has 0 N–H and O–H groups in total. The van der Waals surface area contributed by atoms with Crippen molar-refractivity contribution >= 4 is 29.8 Å². The van der Waals surface area contributed by atoms with Gasteiger partial charge in [0.25, 0.3) is 0 Å². The van der Waals surface area contributed by atoms with Crippen LogP contribution in [0.25, 0.3) is 0 Å². The molecule has 0 aliphatic heterocycles. The van der Waals surface area contributed by atoms with E-state index in [1.54, 1.807) is 0 Å². The Labute approximate surface area is 136 Å². The van der Waals surface area contributed by atoms with E-state index in [1.165, 1.54) is 0 Å². The van der Waals surface area contributed by atoms with Gasteiger partial charge in [-0.15, -0.1) is 0 Å². The van der Waals surface area contributed by atoms with Gasteiger partial charge in [-0.1, -0.05) is 0 Å². The van der Waals surface area contributed by atoms with E-state index in [0.717, 1.165) is 34.6 Å². The number of carboxylic acid groups (broad SMARTS) is 5. The number of carbonyl (C=O) groups excluding carboxylic acids is 5. The second-order valence-corrected chi connectivity index (χ2v) is 2.46. The molecule has 0 aromatic rings. The van der Waals surface area contributed by atoms with Crippen LogP contribution in [0.2, 0.25) is 0 Å². The minimum absolute atomic E-state index is 0. The van der Waals surface area contributed by atoms with Gasteiger partial charge in [-0.05, 0) is 34.6 Å². The zero-order valence-corrected chi connectivity index (χ0v) is 15.2. The van der Waals surface area contributed by atoms with Gasteiger partial charge in [0.2, 0.25) is 0 Å². The molecule has 11 heteroatoms. The molecule has 0 bridgehead atoms. The number of carboxylic acids is 5. The predicted octanol–water partition coefficient (Wildman–Crippen LogP) is -6.22. The third-order valence-corrected chi connectivity index (χ3v) is 0. The van der Waals surface area contributed by atoms with Crippen LogP contribution < -0.4 is 25.5 Å². The molecule has 0 aromatic carbocycles. The Balaban J connectivity index is -0.0000000331. The van der Waals surface area contributed by atoms with Gasteiger partial charge in [0.05, 0.1) is 0 Å². The number of carbonyl (C=O) groups is 5. The maximum atomic E-state index is 8.89. The summed E-state index contributed by atoms with van der Waals surface area (Å²) in [4.78, 5) is 44.4. The van der Waals surface area contributed by atoms with Gasteiger partial charge < -0.3 is 49.5 Å². The first-order valence-corrected chi connectivity index (χ1v) is 4.54. The standard InChI is InChI=1S/5C2H4O2.Ta/c5*1-2(3)4;/h5*1H3,(H,3,4);/q;;;;;+5/p-5. The van der Waals surface area contributed by atoms with E-state index in [0.29, 0.717) is 0 Å². The van der Waals surface area contributed by atoms with Crippen molar-refractivity contribution < 1.29 is 71.9 Å². The van der Waals surface area contributed by atoms with Crippen molar-refractivity contribution in [1.82, 2.24) is 0 Å². The molecule has 0 aromatic heterocycles. The molecule has 21 heavy (non-hydrogen) atoms. The summed E-state index contributed by atoms with van der Waals surface area (Å²) in [5.41, 5.74) is 0. The smallest absolute Gasteiger partial charge is 0.550 e. The number of rotatable bonds is 0. The molecule has 120 valence electrons. The zero-order chi connectivity index (χ0) is 17.9. The van der Waals surface area contributed by atoms with Gasteiger partial charge >= 0.3 is 22.4 Å². The zero-order valence-electron chi connectivity index (χ0n) is 12.0. The topological polar surface area (TPSA) is 201 Å². The largest absolute Gasteiger partial charge is 5.00 e. The summed E-state index contributed by atoms with van der Waals surface area (Å²) in [5.74, 6) is -5.42. The summed E-state index contributed by atoms with van der Waals surface area (Å²) in [6, 6.07) is 0. The molecule has 0 saturated carbocycles. The van der Waals surface area contributed by atoms with E-state index in [1.807, 2.05) is 0 Å². The van der Waals surface area contributed by atoms with Crippen molar-refractivity contribution in [1.29, 1.82) is 0 Å². The third-order valence-electron chi connectivity index (χ3n) is 0. The van der Waals surface area contributed by atoms with Crippen LogP contribution in [0.5, 0.6) is 0 Å². The van der Waals surface area contributed by atoms with Crippen LogP contribution in [0, 0.1) is 0 Å². The van der Waals surface area contributed by atoms with Gasteiger partial charge in [0.15, 0.2) is 0 Å². The average Bonchev–Trinajstić information content (AvgIpc) is 1.94. The Hall–Kier alpha value is -1.91. The first-order valence-electron chi connectivity index (χ1n) is 4.54. The fraction of sp³-hybridized carbons (Fsp3) is 0.500. The first kappa shape index (κ1) is 36.5. The van der Waals surface area contributed by atoms with Gasteiger partial charge in [-0.25, -0.2) is 0 Å². The molecule has 0 radical (unpaired) electrons. The Morgan fingerprint density at radius 3 is 0.429 bits per heavy atom. The van der Waals surface area contributed by atoms with E-state index >= 15 is 0 Å². The second-order valence-electron chi connectivity index (χ2n) is 2.46. The van der Waals surface area contributed by atoms with Crippen molar-refractivity contribution in [3.8, 4) is 0 Å². The van der Waals surface area contributed by atoms with Crippen molar-refractivity contribution in [2.75, 3.05) is 0 Å². The minimum Gasteiger partial charge on any atom is -0.550 e. The number of aliphatic carboxylic acids is 5. The van der Waals surface area contributed by atoms with E-state index < -0.39 is 29.8 Å². The van der Waals surface area contributed by atoms with E-state index in [4.69, 9.17) is 49.5 Å². The molecular weight excluding hydrogens is 461 g/mol. The van der Waals surface area contributed by atoms with Crippen LogP contribution in [-0.2, 0) is 46.4 Å². The summed E-state index contributed by atoms with van der Waals surface area (Å²) >= 11 is 0. The van der Waals surface area contributed by atoms with Crippen LogP contribution in [0.15, 0.2) is 0 Å². The summed E-state index contributed by atoms with van der Waals surface area (Å²) in [6.45, 7) is 4.86. The van der Waals surface area contributed by atoms with Gasteiger partial charge in [-0.2, -0.15) is 0 Å². The molecule has 0 rings (SSSR count). The van der Waals surface area contributed by atoms with Gasteiger partial charge in [0, 0.05) is 29.8 Å². The van der Waals surface area contributed by atoms with Crippen molar-refractivity contribution in [2.24, 2.45) is 0 Å². The van der Waals surface area contributed by atoms with Gasteiger partial charge in [-0.3, -0.25) is 0 Å². The van der Waals surface area contributed by atoms with Gasteiger partial charge in [0.1, 0.15) is 0 Å². The fourth-order valence-electron chi connectivity index (χ4n) is 0. The molecule has 0 aliphatic rings. The van der Waals surface area contributed by atoms with Crippen molar-refractivity contribution in [2.45, 2.75) is 34.6 Å². The molecular formula is C10H15O10Ta. The van der Waals surface area contributed by atoms with Crippen molar-refractivity contribution in [3.63, 3.8) is 0 Å². The minimum atomic E-state index is -1.08. The monoisotopic (exact) mass is 476 g/mol. The summed E-state index contributed by atoms with van der Waals surface area (Å²) in [7, 11) is 0. The van der Waals surface area contributed by atoms with Crippen LogP contribution in [0.4, 0.5) is 0 Å². The maximum Gasteiger partial charge on any atom is 5.00 e.